The Bertz CT molecular complexity index is 728. The zero-order chi connectivity index (χ0) is 17.2. The smallest absolute Gasteiger partial charge is 0.317 e. The second-order valence-corrected chi connectivity index (χ2v) is 7.36. The van der Waals surface area contributed by atoms with Crippen molar-refractivity contribution in [1.82, 2.24) is 20.2 Å². The molecule has 25 heavy (non-hydrogen) atoms. The molecule has 0 aromatic carbocycles. The monoisotopic (exact) mass is 342 g/mol. The van der Waals surface area contributed by atoms with E-state index in [1.165, 1.54) is 10.9 Å². The molecule has 0 radical (unpaired) electrons. The third-order valence-electron chi connectivity index (χ3n) is 5.73. The summed E-state index contributed by atoms with van der Waals surface area (Å²) in [6, 6.07) is 4.36. The highest BCUT2D eigenvalue weighted by molar-refractivity contribution is 5.80. The SMILES string of the molecule is O=C(NC1CCC(O)CC1)N1CCC(c2c[nH]c3ncccc23)CC1. The lowest BCUT2D eigenvalue weighted by Crippen LogP contribution is -2.48. The number of likely N-dealkylation sites (tertiary alicyclic amines) is 1. The molecule has 0 spiro atoms. The number of nitrogens with zero attached hydrogens (tertiary/aromatic N) is 2. The van der Waals surface area contributed by atoms with Gasteiger partial charge in [-0.1, -0.05) is 0 Å². The molecule has 134 valence electrons. The summed E-state index contributed by atoms with van der Waals surface area (Å²) in [6.07, 6.45) is 9.01. The molecule has 1 saturated carbocycles. The zero-order valence-corrected chi connectivity index (χ0v) is 14.4. The van der Waals surface area contributed by atoms with Crippen LogP contribution in [0.25, 0.3) is 11.0 Å². The number of carbonyl (C=O) groups excluding carboxylic acids is 1. The summed E-state index contributed by atoms with van der Waals surface area (Å²) >= 11 is 0. The standard InChI is InChI=1S/C19H26N4O2/c24-15-5-3-14(4-6-15)22-19(25)23-10-7-13(8-11-23)17-12-21-18-16(17)2-1-9-20-18/h1-2,9,12-15,24H,3-8,10-11H2,(H,20,21)(H,22,25). The van der Waals surface area contributed by atoms with Gasteiger partial charge in [0.2, 0.25) is 0 Å². The van der Waals surface area contributed by atoms with Gasteiger partial charge in [0.1, 0.15) is 5.65 Å². The minimum absolute atomic E-state index is 0.0560. The van der Waals surface area contributed by atoms with Crippen molar-refractivity contribution in [3.8, 4) is 0 Å². The summed E-state index contributed by atoms with van der Waals surface area (Å²) in [5.41, 5.74) is 2.27. The van der Waals surface area contributed by atoms with Crippen LogP contribution in [0.5, 0.6) is 0 Å². The number of amides is 2. The molecule has 3 heterocycles. The van der Waals surface area contributed by atoms with Gasteiger partial charge in [0, 0.05) is 36.9 Å². The van der Waals surface area contributed by atoms with Crippen LogP contribution in [0.1, 0.15) is 50.0 Å². The molecule has 6 heteroatoms. The van der Waals surface area contributed by atoms with Crippen LogP contribution < -0.4 is 5.32 Å². The van der Waals surface area contributed by atoms with E-state index in [2.05, 4.69) is 27.5 Å². The fourth-order valence-electron chi connectivity index (χ4n) is 4.19. The van der Waals surface area contributed by atoms with Crippen LogP contribution in [0.2, 0.25) is 0 Å². The normalized spacial score (nSPS) is 25.2. The lowest BCUT2D eigenvalue weighted by molar-refractivity contribution is 0.114. The molecule has 2 aromatic rings. The number of fused-ring (bicyclic) bond motifs is 1. The Morgan fingerprint density at radius 2 is 1.96 bits per heavy atom. The second kappa shape index (κ2) is 7.04. The van der Waals surface area contributed by atoms with E-state index in [4.69, 9.17) is 0 Å². The third kappa shape index (κ3) is 3.49. The van der Waals surface area contributed by atoms with E-state index in [-0.39, 0.29) is 18.2 Å². The van der Waals surface area contributed by atoms with Crippen molar-refractivity contribution >= 4 is 17.1 Å². The molecule has 3 N–H and O–H groups in total. The van der Waals surface area contributed by atoms with Gasteiger partial charge in [-0.25, -0.2) is 9.78 Å². The van der Waals surface area contributed by atoms with Gasteiger partial charge in [-0.3, -0.25) is 0 Å². The molecule has 1 aliphatic heterocycles. The summed E-state index contributed by atoms with van der Waals surface area (Å²) in [7, 11) is 0. The van der Waals surface area contributed by atoms with Crippen LogP contribution >= 0.6 is 0 Å². The lowest BCUT2D eigenvalue weighted by atomic mass is 9.89. The maximum atomic E-state index is 12.5. The molecule has 6 nitrogen and oxygen atoms in total. The zero-order valence-electron chi connectivity index (χ0n) is 14.4. The number of aromatic nitrogens is 2. The topological polar surface area (TPSA) is 81.2 Å². The third-order valence-corrected chi connectivity index (χ3v) is 5.73. The summed E-state index contributed by atoms with van der Waals surface area (Å²) in [6.45, 7) is 1.58. The quantitative estimate of drug-likeness (QED) is 0.785. The van der Waals surface area contributed by atoms with Gasteiger partial charge in [-0.15, -0.1) is 0 Å². The highest BCUT2D eigenvalue weighted by Crippen LogP contribution is 2.32. The first-order valence-corrected chi connectivity index (χ1v) is 9.36. The van der Waals surface area contributed by atoms with Gasteiger partial charge in [-0.05, 0) is 62.1 Å². The molecule has 0 atom stereocenters. The number of piperidine rings is 1. The lowest BCUT2D eigenvalue weighted by Gasteiger charge is -2.34. The number of pyridine rings is 1. The van der Waals surface area contributed by atoms with Crippen LogP contribution in [-0.2, 0) is 0 Å². The second-order valence-electron chi connectivity index (χ2n) is 7.36. The number of rotatable bonds is 2. The van der Waals surface area contributed by atoms with Crippen molar-refractivity contribution in [2.24, 2.45) is 0 Å². The molecular weight excluding hydrogens is 316 g/mol. The Balaban J connectivity index is 1.33. The van der Waals surface area contributed by atoms with Crippen LogP contribution in [-0.4, -0.2) is 51.2 Å². The Kier molecular flexibility index (Phi) is 4.61. The number of hydrogen-bond acceptors (Lipinski definition) is 3. The highest BCUT2D eigenvalue weighted by Gasteiger charge is 2.27. The van der Waals surface area contributed by atoms with Crippen molar-refractivity contribution in [2.45, 2.75) is 56.6 Å². The fourth-order valence-corrected chi connectivity index (χ4v) is 4.19. The van der Waals surface area contributed by atoms with Crippen LogP contribution in [0.15, 0.2) is 24.5 Å². The summed E-state index contributed by atoms with van der Waals surface area (Å²) in [5, 5.41) is 13.9. The average molecular weight is 342 g/mol. The summed E-state index contributed by atoms with van der Waals surface area (Å²) < 4.78 is 0. The number of aromatic amines is 1. The van der Waals surface area contributed by atoms with E-state index >= 15 is 0 Å². The first kappa shape index (κ1) is 16.4. The minimum atomic E-state index is -0.186. The Morgan fingerprint density at radius 3 is 2.72 bits per heavy atom. The van der Waals surface area contributed by atoms with Crippen LogP contribution in [0.4, 0.5) is 4.79 Å². The van der Waals surface area contributed by atoms with E-state index in [1.54, 1.807) is 6.20 Å². The maximum absolute atomic E-state index is 12.5. The number of nitrogens with one attached hydrogen (secondary N) is 2. The molecule has 2 aliphatic rings. The number of urea groups is 1. The van der Waals surface area contributed by atoms with E-state index in [0.29, 0.717) is 5.92 Å². The fraction of sp³-hybridized carbons (Fsp3) is 0.579. The number of H-pyrrole nitrogens is 1. The average Bonchev–Trinajstić information content (AvgIpc) is 3.08. The molecule has 0 bridgehead atoms. The number of aliphatic hydroxyl groups excluding tert-OH is 1. The first-order chi connectivity index (χ1) is 12.2. The molecule has 2 fully saturated rings. The molecular formula is C19H26N4O2. The van der Waals surface area contributed by atoms with E-state index in [1.807, 2.05) is 11.0 Å². The maximum Gasteiger partial charge on any atom is 0.317 e. The van der Waals surface area contributed by atoms with Crippen LogP contribution in [0, 0.1) is 0 Å². The summed E-state index contributed by atoms with van der Waals surface area (Å²) in [4.78, 5) is 22.0. The van der Waals surface area contributed by atoms with Gasteiger partial charge in [0.05, 0.1) is 6.10 Å². The molecule has 1 saturated heterocycles. The van der Waals surface area contributed by atoms with Gasteiger partial charge in [0.15, 0.2) is 0 Å². The molecule has 0 unspecified atom stereocenters. The Hall–Kier alpha value is -2.08. The van der Waals surface area contributed by atoms with Gasteiger partial charge in [-0.2, -0.15) is 0 Å². The Labute approximate surface area is 147 Å². The molecule has 2 amide bonds. The van der Waals surface area contributed by atoms with Crippen molar-refractivity contribution in [3.05, 3.63) is 30.1 Å². The highest BCUT2D eigenvalue weighted by atomic mass is 16.3. The molecule has 2 aromatic heterocycles. The number of carbonyl (C=O) groups is 1. The Morgan fingerprint density at radius 1 is 1.20 bits per heavy atom. The van der Waals surface area contributed by atoms with Gasteiger partial charge < -0.3 is 20.3 Å². The predicted molar refractivity (Wildman–Crippen MR) is 96.4 cm³/mol. The van der Waals surface area contributed by atoms with Gasteiger partial charge >= 0.3 is 6.03 Å². The first-order valence-electron chi connectivity index (χ1n) is 9.36. The van der Waals surface area contributed by atoms with Crippen molar-refractivity contribution < 1.29 is 9.90 Å². The largest absolute Gasteiger partial charge is 0.393 e. The van der Waals surface area contributed by atoms with Crippen molar-refractivity contribution in [3.63, 3.8) is 0 Å². The molecule has 4 rings (SSSR count). The molecule has 1 aliphatic carbocycles. The summed E-state index contributed by atoms with van der Waals surface area (Å²) in [5.74, 6) is 0.479. The van der Waals surface area contributed by atoms with Crippen molar-refractivity contribution in [2.75, 3.05) is 13.1 Å². The van der Waals surface area contributed by atoms with Crippen LogP contribution in [0.3, 0.4) is 0 Å². The van der Waals surface area contributed by atoms with E-state index in [9.17, 15) is 9.90 Å². The van der Waals surface area contributed by atoms with E-state index in [0.717, 1.165) is 57.3 Å². The number of hydrogen-bond donors (Lipinski definition) is 3. The van der Waals surface area contributed by atoms with Crippen molar-refractivity contribution in [1.29, 1.82) is 0 Å². The van der Waals surface area contributed by atoms with Gasteiger partial charge in [0.25, 0.3) is 0 Å². The van der Waals surface area contributed by atoms with E-state index < -0.39 is 0 Å². The predicted octanol–water partition coefficient (Wildman–Crippen LogP) is 2.76. The minimum Gasteiger partial charge on any atom is -0.393 e. The number of aliphatic hydroxyl groups is 1.